The Labute approximate surface area is 133 Å². The molecule has 3 amide bonds. The van der Waals surface area contributed by atoms with Crippen LogP contribution in [-0.4, -0.2) is 54.2 Å². The van der Waals surface area contributed by atoms with Crippen molar-refractivity contribution in [2.45, 2.75) is 12.8 Å². The topological polar surface area (TPSA) is 69.7 Å². The SMILES string of the molecule is O=CN1CCN(C(=O)C2(C(=O)Nc3cccc(F)c3)CC2)CC1. The van der Waals surface area contributed by atoms with Crippen LogP contribution >= 0.6 is 0 Å². The molecular weight excluding hydrogens is 301 g/mol. The van der Waals surface area contributed by atoms with Crippen molar-refractivity contribution in [1.82, 2.24) is 9.80 Å². The molecule has 0 atom stereocenters. The zero-order chi connectivity index (χ0) is 16.4. The molecule has 1 saturated heterocycles. The number of amides is 3. The summed E-state index contributed by atoms with van der Waals surface area (Å²) in [5.41, 5.74) is -0.685. The zero-order valence-corrected chi connectivity index (χ0v) is 12.6. The lowest BCUT2D eigenvalue weighted by molar-refractivity contribution is -0.144. The quantitative estimate of drug-likeness (QED) is 0.660. The van der Waals surface area contributed by atoms with Gasteiger partial charge in [-0.05, 0) is 31.0 Å². The first kappa shape index (κ1) is 15.5. The van der Waals surface area contributed by atoms with Gasteiger partial charge in [0, 0.05) is 31.9 Å². The Hall–Kier alpha value is -2.44. The Morgan fingerprint density at radius 3 is 2.43 bits per heavy atom. The number of carbonyl (C=O) groups excluding carboxylic acids is 3. The lowest BCUT2D eigenvalue weighted by Crippen LogP contribution is -2.52. The average Bonchev–Trinajstić information content (AvgIpc) is 3.36. The van der Waals surface area contributed by atoms with E-state index in [0.29, 0.717) is 44.7 Å². The Kier molecular flexibility index (Phi) is 4.02. The van der Waals surface area contributed by atoms with Crippen molar-refractivity contribution in [3.05, 3.63) is 30.1 Å². The van der Waals surface area contributed by atoms with Gasteiger partial charge in [-0.15, -0.1) is 0 Å². The van der Waals surface area contributed by atoms with Gasteiger partial charge in [0.1, 0.15) is 11.2 Å². The second-order valence-corrected chi connectivity index (χ2v) is 5.98. The molecule has 122 valence electrons. The molecule has 0 bridgehead atoms. The van der Waals surface area contributed by atoms with Crippen LogP contribution in [0.1, 0.15) is 12.8 Å². The molecule has 1 heterocycles. The maximum Gasteiger partial charge on any atom is 0.240 e. The minimum Gasteiger partial charge on any atom is -0.342 e. The number of rotatable bonds is 4. The summed E-state index contributed by atoms with van der Waals surface area (Å²) in [6.45, 7) is 1.84. The van der Waals surface area contributed by atoms with E-state index in [1.54, 1.807) is 15.9 Å². The second-order valence-electron chi connectivity index (χ2n) is 5.98. The Bertz CT molecular complexity index is 637. The van der Waals surface area contributed by atoms with Crippen LogP contribution in [0.3, 0.4) is 0 Å². The van der Waals surface area contributed by atoms with Gasteiger partial charge in [-0.3, -0.25) is 14.4 Å². The number of nitrogens with one attached hydrogen (secondary N) is 1. The largest absolute Gasteiger partial charge is 0.342 e. The molecule has 6 nitrogen and oxygen atoms in total. The zero-order valence-electron chi connectivity index (χ0n) is 12.6. The van der Waals surface area contributed by atoms with Gasteiger partial charge < -0.3 is 15.1 Å². The Morgan fingerprint density at radius 1 is 1.17 bits per heavy atom. The average molecular weight is 319 g/mol. The van der Waals surface area contributed by atoms with Gasteiger partial charge in [0.2, 0.25) is 18.2 Å². The third kappa shape index (κ3) is 3.04. The molecule has 2 aliphatic rings. The van der Waals surface area contributed by atoms with E-state index < -0.39 is 11.2 Å². The fourth-order valence-corrected chi connectivity index (χ4v) is 2.81. The van der Waals surface area contributed by atoms with Crippen molar-refractivity contribution in [3.8, 4) is 0 Å². The lowest BCUT2D eigenvalue weighted by Gasteiger charge is -2.34. The highest BCUT2D eigenvalue weighted by Gasteiger charge is 2.58. The molecule has 1 aliphatic carbocycles. The van der Waals surface area contributed by atoms with E-state index in [9.17, 15) is 18.8 Å². The Morgan fingerprint density at radius 2 is 1.87 bits per heavy atom. The van der Waals surface area contributed by atoms with Crippen molar-refractivity contribution < 1.29 is 18.8 Å². The van der Waals surface area contributed by atoms with Gasteiger partial charge in [0.05, 0.1) is 0 Å². The third-order valence-electron chi connectivity index (χ3n) is 4.43. The summed E-state index contributed by atoms with van der Waals surface area (Å²) in [6, 6.07) is 5.61. The molecule has 23 heavy (non-hydrogen) atoms. The number of halogens is 1. The number of benzene rings is 1. The van der Waals surface area contributed by atoms with Crippen LogP contribution in [0.4, 0.5) is 10.1 Å². The normalized spacial score (nSPS) is 19.2. The van der Waals surface area contributed by atoms with Gasteiger partial charge in [-0.1, -0.05) is 6.07 Å². The van der Waals surface area contributed by atoms with Crippen LogP contribution < -0.4 is 5.32 Å². The molecule has 1 aromatic carbocycles. The smallest absolute Gasteiger partial charge is 0.240 e. The highest BCUT2D eigenvalue weighted by Crippen LogP contribution is 2.48. The number of hydrogen-bond donors (Lipinski definition) is 1. The molecule has 0 radical (unpaired) electrons. The first-order chi connectivity index (χ1) is 11.0. The van der Waals surface area contributed by atoms with Crippen molar-refractivity contribution in [1.29, 1.82) is 0 Å². The van der Waals surface area contributed by atoms with Gasteiger partial charge in [-0.2, -0.15) is 0 Å². The van der Waals surface area contributed by atoms with Gasteiger partial charge >= 0.3 is 0 Å². The van der Waals surface area contributed by atoms with E-state index >= 15 is 0 Å². The van der Waals surface area contributed by atoms with Gasteiger partial charge in [-0.25, -0.2) is 4.39 Å². The highest BCUT2D eigenvalue weighted by molar-refractivity contribution is 6.13. The first-order valence-corrected chi connectivity index (χ1v) is 7.61. The van der Waals surface area contributed by atoms with Crippen LogP contribution in [0.15, 0.2) is 24.3 Å². The number of carbonyl (C=O) groups is 3. The molecular formula is C16H18FN3O3. The standard InChI is InChI=1S/C16H18FN3O3/c17-12-2-1-3-13(10-12)18-14(22)16(4-5-16)15(23)20-8-6-19(11-21)7-9-20/h1-3,10-11H,4-9H2,(H,18,22). The Balaban J connectivity index is 1.65. The molecule has 1 N–H and O–H groups in total. The van der Waals surface area contributed by atoms with Crippen molar-refractivity contribution in [3.63, 3.8) is 0 Å². The predicted octanol–water partition coefficient (Wildman–Crippen LogP) is 0.845. The lowest BCUT2D eigenvalue weighted by atomic mass is 10.0. The number of piperazine rings is 1. The van der Waals surface area contributed by atoms with E-state index in [-0.39, 0.29) is 11.8 Å². The van der Waals surface area contributed by atoms with Gasteiger partial charge in [0.25, 0.3) is 0 Å². The summed E-state index contributed by atoms with van der Waals surface area (Å²) in [5.74, 6) is -1.02. The van der Waals surface area contributed by atoms with Crippen LogP contribution in [0.2, 0.25) is 0 Å². The van der Waals surface area contributed by atoms with Crippen molar-refractivity contribution in [2.75, 3.05) is 31.5 Å². The summed E-state index contributed by atoms with van der Waals surface area (Å²) in [5, 5.41) is 2.63. The first-order valence-electron chi connectivity index (χ1n) is 7.61. The van der Waals surface area contributed by atoms with E-state index in [1.807, 2.05) is 0 Å². The van der Waals surface area contributed by atoms with Crippen LogP contribution in [0.25, 0.3) is 0 Å². The highest BCUT2D eigenvalue weighted by atomic mass is 19.1. The molecule has 2 fully saturated rings. The summed E-state index contributed by atoms with van der Waals surface area (Å²) < 4.78 is 13.2. The molecule has 1 saturated carbocycles. The summed E-state index contributed by atoms with van der Waals surface area (Å²) >= 11 is 0. The molecule has 1 aliphatic heterocycles. The van der Waals surface area contributed by atoms with Gasteiger partial charge in [0.15, 0.2) is 0 Å². The molecule has 0 spiro atoms. The maximum absolute atomic E-state index is 13.2. The molecule has 7 heteroatoms. The monoisotopic (exact) mass is 319 g/mol. The molecule has 0 aromatic heterocycles. The third-order valence-corrected chi connectivity index (χ3v) is 4.43. The fraction of sp³-hybridized carbons (Fsp3) is 0.438. The van der Waals surface area contributed by atoms with Crippen LogP contribution in [0.5, 0.6) is 0 Å². The molecule has 1 aromatic rings. The summed E-state index contributed by atoms with van der Waals surface area (Å²) in [4.78, 5) is 39.1. The van der Waals surface area contributed by atoms with Crippen molar-refractivity contribution in [2.24, 2.45) is 5.41 Å². The number of anilines is 1. The number of nitrogens with zero attached hydrogens (tertiary/aromatic N) is 2. The van der Waals surface area contributed by atoms with E-state index in [0.717, 1.165) is 6.41 Å². The minimum atomic E-state index is -1.03. The summed E-state index contributed by atoms with van der Waals surface area (Å²) in [6.07, 6.45) is 1.77. The van der Waals surface area contributed by atoms with E-state index in [1.165, 1.54) is 18.2 Å². The van der Waals surface area contributed by atoms with Crippen LogP contribution in [-0.2, 0) is 14.4 Å². The molecule has 3 rings (SSSR count). The second kappa shape index (κ2) is 5.98. The van der Waals surface area contributed by atoms with Crippen molar-refractivity contribution >= 4 is 23.9 Å². The number of hydrogen-bond acceptors (Lipinski definition) is 3. The fourth-order valence-electron chi connectivity index (χ4n) is 2.81. The van der Waals surface area contributed by atoms with E-state index in [4.69, 9.17) is 0 Å². The summed E-state index contributed by atoms with van der Waals surface area (Å²) in [7, 11) is 0. The van der Waals surface area contributed by atoms with Crippen LogP contribution in [0, 0.1) is 11.2 Å². The molecule has 0 unspecified atom stereocenters. The van der Waals surface area contributed by atoms with E-state index in [2.05, 4.69) is 5.32 Å². The minimum absolute atomic E-state index is 0.197. The predicted molar refractivity (Wildman–Crippen MR) is 80.9 cm³/mol. The maximum atomic E-state index is 13.2.